The first-order valence-electron chi connectivity index (χ1n) is 8.73. The first-order chi connectivity index (χ1) is 13.8. The van der Waals surface area contributed by atoms with Crippen molar-refractivity contribution in [2.75, 3.05) is 7.11 Å². The molecular weight excluding hydrogens is 390 g/mol. The fourth-order valence-electron chi connectivity index (χ4n) is 2.64. The molecule has 0 radical (unpaired) electrons. The number of thiazole rings is 1. The number of aromatic nitrogens is 3. The van der Waals surface area contributed by atoms with Crippen LogP contribution in [0.2, 0.25) is 0 Å². The van der Waals surface area contributed by atoms with E-state index in [1.165, 1.54) is 0 Å². The summed E-state index contributed by atoms with van der Waals surface area (Å²) in [4.78, 5) is 9.15. The maximum atomic E-state index is 5.77. The van der Waals surface area contributed by atoms with Crippen molar-refractivity contribution in [2.24, 2.45) is 0 Å². The molecular formula is C21H19N3O2S2. The summed E-state index contributed by atoms with van der Waals surface area (Å²) >= 11 is 3.28. The summed E-state index contributed by atoms with van der Waals surface area (Å²) in [5.41, 5.74) is 2.05. The van der Waals surface area contributed by atoms with Crippen molar-refractivity contribution in [1.29, 1.82) is 0 Å². The van der Waals surface area contributed by atoms with E-state index in [2.05, 4.69) is 19.9 Å². The van der Waals surface area contributed by atoms with Crippen molar-refractivity contribution in [3.63, 3.8) is 0 Å². The molecule has 4 aromatic rings. The highest BCUT2D eigenvalue weighted by Gasteiger charge is 2.09. The minimum absolute atomic E-state index is 0.484. The number of nitrogens with zero attached hydrogens (tertiary/aromatic N) is 3. The number of benzene rings is 2. The van der Waals surface area contributed by atoms with Gasteiger partial charge in [0, 0.05) is 29.6 Å². The zero-order chi connectivity index (χ0) is 19.2. The van der Waals surface area contributed by atoms with Crippen molar-refractivity contribution < 1.29 is 9.47 Å². The summed E-state index contributed by atoms with van der Waals surface area (Å²) in [6, 6.07) is 17.7. The third-order valence-corrected chi connectivity index (χ3v) is 5.86. The molecule has 7 heteroatoms. The highest BCUT2D eigenvalue weighted by Crippen LogP contribution is 2.26. The van der Waals surface area contributed by atoms with E-state index in [0.717, 1.165) is 38.8 Å². The van der Waals surface area contributed by atoms with Crippen molar-refractivity contribution in [3.8, 4) is 17.2 Å². The Morgan fingerprint density at radius 2 is 1.93 bits per heavy atom. The van der Waals surface area contributed by atoms with Crippen LogP contribution in [0.3, 0.4) is 0 Å². The van der Waals surface area contributed by atoms with Gasteiger partial charge in [-0.25, -0.2) is 9.97 Å². The maximum Gasteiger partial charge on any atom is 0.172 e. The van der Waals surface area contributed by atoms with E-state index < -0.39 is 0 Å². The fourth-order valence-corrected chi connectivity index (χ4v) is 4.31. The Labute approximate surface area is 172 Å². The molecule has 0 aliphatic carbocycles. The zero-order valence-corrected chi connectivity index (χ0v) is 17.0. The summed E-state index contributed by atoms with van der Waals surface area (Å²) in [6.07, 6.45) is 3.76. The van der Waals surface area contributed by atoms with Crippen molar-refractivity contribution >= 4 is 23.1 Å². The van der Waals surface area contributed by atoms with Gasteiger partial charge in [-0.3, -0.25) is 4.57 Å². The number of methoxy groups -OCH3 is 1. The second-order valence-electron chi connectivity index (χ2n) is 5.90. The number of ether oxygens (including phenoxy) is 2. The quantitative estimate of drug-likeness (QED) is 0.374. The van der Waals surface area contributed by atoms with E-state index in [1.54, 1.807) is 30.2 Å². The Morgan fingerprint density at radius 3 is 2.79 bits per heavy atom. The van der Waals surface area contributed by atoms with Crippen LogP contribution in [0.5, 0.6) is 11.5 Å². The van der Waals surface area contributed by atoms with E-state index in [4.69, 9.17) is 9.47 Å². The smallest absolute Gasteiger partial charge is 0.172 e. The number of thioether (sulfide) groups is 1. The monoisotopic (exact) mass is 409 g/mol. The molecule has 0 spiro atoms. The van der Waals surface area contributed by atoms with Gasteiger partial charge in [0.25, 0.3) is 0 Å². The number of hydrogen-bond donors (Lipinski definition) is 0. The number of hydrogen-bond acceptors (Lipinski definition) is 6. The molecule has 2 heterocycles. The molecule has 0 fully saturated rings. The fraction of sp³-hybridized carbons (Fsp3) is 0.143. The zero-order valence-electron chi connectivity index (χ0n) is 15.3. The van der Waals surface area contributed by atoms with Crippen molar-refractivity contribution in [1.82, 2.24) is 14.5 Å². The van der Waals surface area contributed by atoms with Gasteiger partial charge in [0.15, 0.2) is 5.16 Å². The van der Waals surface area contributed by atoms with Gasteiger partial charge < -0.3 is 9.47 Å². The topological polar surface area (TPSA) is 49.2 Å². The Balaban J connectivity index is 1.38. The second kappa shape index (κ2) is 8.95. The molecule has 4 rings (SSSR count). The molecule has 142 valence electrons. The van der Waals surface area contributed by atoms with Crippen LogP contribution < -0.4 is 9.47 Å². The van der Waals surface area contributed by atoms with Gasteiger partial charge >= 0.3 is 0 Å². The summed E-state index contributed by atoms with van der Waals surface area (Å²) in [5, 5.41) is 3.97. The van der Waals surface area contributed by atoms with Gasteiger partial charge in [-0.2, -0.15) is 0 Å². The standard InChI is InChI=1S/C21H19N3O2S2/c1-25-19-9-5-6-17(12-19)24-11-10-22-21(24)28-15-16-14-27-20(23-16)13-26-18-7-3-2-4-8-18/h2-12,14H,13,15H2,1H3. The van der Waals surface area contributed by atoms with Crippen LogP contribution in [0.15, 0.2) is 77.5 Å². The highest BCUT2D eigenvalue weighted by molar-refractivity contribution is 7.98. The number of rotatable bonds is 8. The van der Waals surface area contributed by atoms with Crippen molar-refractivity contribution in [2.45, 2.75) is 17.5 Å². The van der Waals surface area contributed by atoms with E-state index >= 15 is 0 Å². The predicted molar refractivity (Wildman–Crippen MR) is 113 cm³/mol. The molecule has 28 heavy (non-hydrogen) atoms. The molecule has 0 amide bonds. The van der Waals surface area contributed by atoms with E-state index in [0.29, 0.717) is 6.61 Å². The van der Waals surface area contributed by atoms with Crippen molar-refractivity contribution in [3.05, 3.63) is 83.1 Å². The maximum absolute atomic E-state index is 5.77. The predicted octanol–water partition coefficient (Wildman–Crippen LogP) is 5.21. The average Bonchev–Trinajstić information content (AvgIpc) is 3.41. The van der Waals surface area contributed by atoms with Gasteiger partial charge in [-0.15, -0.1) is 11.3 Å². The molecule has 2 aromatic heterocycles. The van der Waals surface area contributed by atoms with Crippen LogP contribution in [0.1, 0.15) is 10.7 Å². The first kappa shape index (κ1) is 18.6. The highest BCUT2D eigenvalue weighted by atomic mass is 32.2. The Bertz CT molecular complexity index is 1030. The normalized spacial score (nSPS) is 10.8. The van der Waals surface area contributed by atoms with Crippen LogP contribution in [-0.4, -0.2) is 21.6 Å². The van der Waals surface area contributed by atoms with Crippen LogP contribution >= 0.6 is 23.1 Å². The van der Waals surface area contributed by atoms with Gasteiger partial charge in [-0.1, -0.05) is 36.0 Å². The number of para-hydroxylation sites is 1. The summed E-state index contributed by atoms with van der Waals surface area (Å²) in [6.45, 7) is 0.484. The van der Waals surface area contributed by atoms with E-state index in [1.807, 2.05) is 67.0 Å². The Kier molecular flexibility index (Phi) is 5.94. The Morgan fingerprint density at radius 1 is 1.07 bits per heavy atom. The molecule has 0 bridgehead atoms. The lowest BCUT2D eigenvalue weighted by molar-refractivity contribution is 0.305. The average molecular weight is 410 g/mol. The van der Waals surface area contributed by atoms with E-state index in [-0.39, 0.29) is 0 Å². The van der Waals surface area contributed by atoms with Gasteiger partial charge in [0.1, 0.15) is 23.1 Å². The third-order valence-electron chi connectivity index (χ3n) is 3.99. The molecule has 0 aliphatic rings. The molecule has 0 unspecified atom stereocenters. The molecule has 0 N–H and O–H groups in total. The largest absolute Gasteiger partial charge is 0.497 e. The lowest BCUT2D eigenvalue weighted by Crippen LogP contribution is -1.97. The van der Waals surface area contributed by atoms with Gasteiger partial charge in [-0.05, 0) is 24.3 Å². The Hall–Kier alpha value is -2.77. The van der Waals surface area contributed by atoms with E-state index in [9.17, 15) is 0 Å². The molecule has 0 atom stereocenters. The molecule has 5 nitrogen and oxygen atoms in total. The molecule has 0 aliphatic heterocycles. The summed E-state index contributed by atoms with van der Waals surface area (Å²) in [7, 11) is 1.67. The molecule has 0 saturated heterocycles. The minimum atomic E-state index is 0.484. The van der Waals surface area contributed by atoms with Crippen LogP contribution in [-0.2, 0) is 12.4 Å². The van der Waals surface area contributed by atoms with Gasteiger partial charge in [0.05, 0.1) is 18.5 Å². The summed E-state index contributed by atoms with van der Waals surface area (Å²) in [5.74, 6) is 2.43. The SMILES string of the molecule is COc1cccc(-n2ccnc2SCc2csc(COc3ccccc3)n2)c1. The molecule has 0 saturated carbocycles. The third kappa shape index (κ3) is 4.55. The lowest BCUT2D eigenvalue weighted by Gasteiger charge is -2.08. The van der Waals surface area contributed by atoms with Crippen LogP contribution in [0.4, 0.5) is 0 Å². The second-order valence-corrected chi connectivity index (χ2v) is 7.79. The lowest BCUT2D eigenvalue weighted by atomic mass is 10.3. The number of imidazole rings is 1. The van der Waals surface area contributed by atoms with Crippen LogP contribution in [0, 0.1) is 0 Å². The van der Waals surface area contributed by atoms with Crippen LogP contribution in [0.25, 0.3) is 5.69 Å². The summed E-state index contributed by atoms with van der Waals surface area (Å²) < 4.78 is 13.1. The van der Waals surface area contributed by atoms with Gasteiger partial charge in [0.2, 0.25) is 0 Å². The first-order valence-corrected chi connectivity index (χ1v) is 10.6. The minimum Gasteiger partial charge on any atom is -0.497 e. The molecule has 2 aromatic carbocycles.